The molecule has 1 aromatic rings. The maximum atomic E-state index is 12.8. The van der Waals surface area contributed by atoms with Crippen molar-refractivity contribution in [3.8, 4) is 0 Å². The van der Waals surface area contributed by atoms with Crippen molar-refractivity contribution in [3.63, 3.8) is 0 Å². The van der Waals surface area contributed by atoms with Gasteiger partial charge in [-0.15, -0.1) is 0 Å². The molecule has 11 nitrogen and oxygen atoms in total. The first-order valence-corrected chi connectivity index (χ1v) is 10.3. The molecule has 3 amide bonds. The van der Waals surface area contributed by atoms with Crippen molar-refractivity contribution < 1.29 is 34.2 Å². The van der Waals surface area contributed by atoms with E-state index in [0.717, 1.165) is 5.56 Å². The number of hydrogen-bond acceptors (Lipinski definition) is 6. The lowest BCUT2D eigenvalue weighted by Crippen LogP contribution is -2.56. The lowest BCUT2D eigenvalue weighted by Gasteiger charge is -2.28. The van der Waals surface area contributed by atoms with Crippen LogP contribution < -0.4 is 16.4 Å². The van der Waals surface area contributed by atoms with E-state index in [4.69, 9.17) is 15.9 Å². The summed E-state index contributed by atoms with van der Waals surface area (Å²) in [7, 11) is 0. The Morgan fingerprint density at radius 3 is 2.38 bits per heavy atom. The van der Waals surface area contributed by atoms with Gasteiger partial charge in [0.05, 0.1) is 12.5 Å². The van der Waals surface area contributed by atoms with Gasteiger partial charge in [0.1, 0.15) is 18.1 Å². The van der Waals surface area contributed by atoms with Crippen molar-refractivity contribution in [2.45, 2.75) is 56.8 Å². The van der Waals surface area contributed by atoms with Gasteiger partial charge in [0.2, 0.25) is 17.7 Å². The fourth-order valence-electron chi connectivity index (χ4n) is 3.52. The molecule has 1 fully saturated rings. The summed E-state index contributed by atoms with van der Waals surface area (Å²) in [6.07, 6.45) is 0.526. The summed E-state index contributed by atoms with van der Waals surface area (Å²) in [6.45, 7) is 1.70. The maximum Gasteiger partial charge on any atom is 0.326 e. The number of likely N-dealkylation sites (tertiary alicyclic amines) is 1. The first-order valence-electron chi connectivity index (χ1n) is 10.3. The summed E-state index contributed by atoms with van der Waals surface area (Å²) in [5.41, 5.74) is 6.97. The average Bonchev–Trinajstić information content (AvgIpc) is 3.22. The third kappa shape index (κ3) is 6.77. The van der Waals surface area contributed by atoms with Gasteiger partial charge in [-0.05, 0) is 31.7 Å². The van der Waals surface area contributed by atoms with Crippen LogP contribution >= 0.6 is 0 Å². The quantitative estimate of drug-likeness (QED) is 0.305. The average molecular weight is 448 g/mol. The van der Waals surface area contributed by atoms with E-state index >= 15 is 0 Å². The van der Waals surface area contributed by atoms with E-state index in [1.54, 1.807) is 0 Å². The lowest BCUT2D eigenvalue weighted by molar-refractivity contribution is -0.147. The van der Waals surface area contributed by atoms with E-state index < -0.39 is 54.3 Å². The molecule has 1 aromatic carbocycles. The molecule has 0 aliphatic carbocycles. The number of rotatable bonds is 10. The molecule has 1 aliphatic rings. The molecule has 0 bridgehead atoms. The minimum atomic E-state index is -1.63. The number of nitrogens with two attached hydrogens (primary N) is 1. The van der Waals surface area contributed by atoms with Crippen molar-refractivity contribution in [1.82, 2.24) is 15.5 Å². The number of benzene rings is 1. The van der Waals surface area contributed by atoms with Crippen molar-refractivity contribution >= 4 is 29.7 Å². The van der Waals surface area contributed by atoms with Gasteiger partial charge >= 0.3 is 11.9 Å². The number of carbonyl (C=O) groups excluding carboxylic acids is 3. The van der Waals surface area contributed by atoms with Crippen LogP contribution in [0.25, 0.3) is 0 Å². The second-order valence-electron chi connectivity index (χ2n) is 7.71. The normalized spacial score (nSPS) is 18.3. The lowest BCUT2D eigenvalue weighted by atomic mass is 10.1. The molecule has 6 N–H and O–H groups in total. The summed E-state index contributed by atoms with van der Waals surface area (Å²) >= 11 is 0. The fraction of sp³-hybridized carbons (Fsp3) is 0.476. The summed E-state index contributed by atoms with van der Waals surface area (Å²) < 4.78 is 0. The Morgan fingerprint density at radius 1 is 1.12 bits per heavy atom. The molecule has 0 saturated carbocycles. The van der Waals surface area contributed by atoms with E-state index in [2.05, 4.69) is 10.6 Å². The molecule has 11 heteroatoms. The van der Waals surface area contributed by atoms with Crippen LogP contribution in [-0.4, -0.2) is 75.5 Å². The topological polar surface area (TPSA) is 179 Å². The summed E-state index contributed by atoms with van der Waals surface area (Å²) in [6, 6.07) is 4.89. The third-order valence-electron chi connectivity index (χ3n) is 5.20. The molecule has 4 atom stereocenters. The van der Waals surface area contributed by atoms with Gasteiger partial charge in [0.25, 0.3) is 0 Å². The standard InChI is InChI=1S/C21H28N4O7/c1-12(18(28)24-15(21(31)32)11-17(26)27)23-19(29)16-8-5-9-25(16)20(30)14(22)10-13-6-3-2-4-7-13/h2-4,6-7,12,14-16H,5,8-11,22H2,1H3,(H,23,29)(H,24,28)(H,26,27)(H,31,32). The van der Waals surface area contributed by atoms with E-state index in [1.807, 2.05) is 30.3 Å². The summed E-state index contributed by atoms with van der Waals surface area (Å²) in [5.74, 6) is -4.66. The zero-order chi connectivity index (χ0) is 23.8. The maximum absolute atomic E-state index is 12.8. The molecule has 1 aliphatic heterocycles. The Hall–Kier alpha value is -3.47. The molecular weight excluding hydrogens is 420 g/mol. The van der Waals surface area contributed by atoms with Crippen LogP contribution in [0.15, 0.2) is 30.3 Å². The molecule has 0 spiro atoms. The second-order valence-corrected chi connectivity index (χ2v) is 7.71. The number of amides is 3. The summed E-state index contributed by atoms with van der Waals surface area (Å²) in [4.78, 5) is 61.1. The van der Waals surface area contributed by atoms with Crippen molar-refractivity contribution in [1.29, 1.82) is 0 Å². The zero-order valence-corrected chi connectivity index (χ0v) is 17.7. The number of nitrogens with zero attached hydrogens (tertiary/aromatic N) is 1. The molecule has 0 aromatic heterocycles. The van der Waals surface area contributed by atoms with Gasteiger partial charge in [0, 0.05) is 6.54 Å². The molecule has 0 radical (unpaired) electrons. The molecule has 1 heterocycles. The first-order chi connectivity index (χ1) is 15.1. The van der Waals surface area contributed by atoms with Crippen LogP contribution in [0.2, 0.25) is 0 Å². The predicted octanol–water partition coefficient (Wildman–Crippen LogP) is -0.904. The van der Waals surface area contributed by atoms with Gasteiger partial charge in [-0.2, -0.15) is 0 Å². The van der Waals surface area contributed by atoms with Gasteiger partial charge in [-0.25, -0.2) is 4.79 Å². The van der Waals surface area contributed by atoms with E-state index in [9.17, 15) is 24.0 Å². The van der Waals surface area contributed by atoms with Crippen LogP contribution in [0.3, 0.4) is 0 Å². The number of hydrogen-bond donors (Lipinski definition) is 5. The first kappa shape index (κ1) is 24.8. The Morgan fingerprint density at radius 2 is 1.78 bits per heavy atom. The van der Waals surface area contributed by atoms with Gasteiger partial charge in [0.15, 0.2) is 0 Å². The Bertz CT molecular complexity index is 861. The highest BCUT2D eigenvalue weighted by molar-refractivity contribution is 5.94. The third-order valence-corrected chi connectivity index (χ3v) is 5.20. The van der Waals surface area contributed by atoms with Crippen LogP contribution in [0.5, 0.6) is 0 Å². The van der Waals surface area contributed by atoms with E-state index in [-0.39, 0.29) is 5.91 Å². The fourth-order valence-corrected chi connectivity index (χ4v) is 3.52. The number of carbonyl (C=O) groups is 5. The van der Waals surface area contributed by atoms with Gasteiger partial charge < -0.3 is 31.5 Å². The van der Waals surface area contributed by atoms with Gasteiger partial charge in [-0.3, -0.25) is 19.2 Å². The van der Waals surface area contributed by atoms with Crippen molar-refractivity contribution in [3.05, 3.63) is 35.9 Å². The molecule has 2 rings (SSSR count). The van der Waals surface area contributed by atoms with Crippen LogP contribution in [0.1, 0.15) is 31.7 Å². The number of carboxylic acid groups (broad SMARTS) is 2. The number of nitrogens with one attached hydrogen (secondary N) is 2. The molecule has 4 unspecified atom stereocenters. The molecule has 174 valence electrons. The largest absolute Gasteiger partial charge is 0.481 e. The highest BCUT2D eigenvalue weighted by atomic mass is 16.4. The van der Waals surface area contributed by atoms with Crippen LogP contribution in [0.4, 0.5) is 0 Å². The Labute approximate surface area is 184 Å². The minimum absolute atomic E-state index is 0.323. The highest BCUT2D eigenvalue weighted by Gasteiger charge is 2.37. The second kappa shape index (κ2) is 11.2. The van der Waals surface area contributed by atoms with E-state index in [1.165, 1.54) is 11.8 Å². The smallest absolute Gasteiger partial charge is 0.326 e. The van der Waals surface area contributed by atoms with Gasteiger partial charge in [-0.1, -0.05) is 30.3 Å². The predicted molar refractivity (Wildman–Crippen MR) is 112 cm³/mol. The van der Waals surface area contributed by atoms with Crippen LogP contribution in [0, 0.1) is 0 Å². The molecule has 1 saturated heterocycles. The monoisotopic (exact) mass is 448 g/mol. The Kier molecular flexibility index (Phi) is 8.71. The molecular formula is C21H28N4O7. The van der Waals surface area contributed by atoms with Crippen LogP contribution in [-0.2, 0) is 30.4 Å². The number of carboxylic acids is 2. The van der Waals surface area contributed by atoms with E-state index in [0.29, 0.717) is 25.8 Å². The number of aliphatic carboxylic acids is 2. The minimum Gasteiger partial charge on any atom is -0.481 e. The summed E-state index contributed by atoms with van der Waals surface area (Å²) in [5, 5.41) is 22.4. The molecule has 32 heavy (non-hydrogen) atoms. The van der Waals surface area contributed by atoms with Crippen molar-refractivity contribution in [2.24, 2.45) is 5.73 Å². The highest BCUT2D eigenvalue weighted by Crippen LogP contribution is 2.19. The Balaban J connectivity index is 1.95. The SMILES string of the molecule is CC(NC(=O)C1CCCN1C(=O)C(N)Cc1ccccc1)C(=O)NC(CC(=O)O)C(=O)O. The zero-order valence-electron chi connectivity index (χ0n) is 17.7. The van der Waals surface area contributed by atoms with Crippen molar-refractivity contribution in [2.75, 3.05) is 6.54 Å².